The predicted octanol–water partition coefficient (Wildman–Crippen LogP) is 4.66. The Morgan fingerprint density at radius 1 is 1.12 bits per heavy atom. The van der Waals surface area contributed by atoms with Crippen LogP contribution in [0.2, 0.25) is 0 Å². The van der Waals surface area contributed by atoms with E-state index in [1.54, 1.807) is 7.11 Å². The average Bonchev–Trinajstić information content (AvgIpc) is 3.15. The number of ether oxygens (including phenoxy) is 3. The molecule has 0 atom stereocenters. The molecule has 1 heterocycles. The molecule has 134 valence electrons. The van der Waals surface area contributed by atoms with Crippen molar-refractivity contribution in [1.29, 1.82) is 0 Å². The van der Waals surface area contributed by atoms with Gasteiger partial charge in [-0.2, -0.15) is 0 Å². The predicted molar refractivity (Wildman–Crippen MR) is 99.3 cm³/mol. The van der Waals surface area contributed by atoms with Crippen molar-refractivity contribution in [2.75, 3.05) is 20.3 Å². The maximum Gasteiger partial charge on any atom is 0.162 e. The van der Waals surface area contributed by atoms with Gasteiger partial charge >= 0.3 is 0 Å². The minimum absolute atomic E-state index is 0.297. The summed E-state index contributed by atoms with van der Waals surface area (Å²) >= 11 is 0. The molecule has 1 saturated carbocycles. The molecule has 1 fully saturated rings. The van der Waals surface area contributed by atoms with Gasteiger partial charge < -0.3 is 14.2 Å². The summed E-state index contributed by atoms with van der Waals surface area (Å²) in [6.45, 7) is 3.45. The first kappa shape index (κ1) is 17.7. The molecule has 2 aromatic rings. The van der Waals surface area contributed by atoms with Crippen LogP contribution in [-0.4, -0.2) is 31.4 Å². The molecule has 0 aliphatic heterocycles. The molecule has 1 aromatic carbocycles. The molecule has 3 rings (SSSR count). The summed E-state index contributed by atoms with van der Waals surface area (Å²) < 4.78 is 17.2. The van der Waals surface area contributed by atoms with Gasteiger partial charge in [0.15, 0.2) is 11.5 Å². The van der Waals surface area contributed by atoms with E-state index in [0.717, 1.165) is 48.6 Å². The second kappa shape index (κ2) is 8.86. The molecule has 0 unspecified atom stereocenters. The third kappa shape index (κ3) is 4.51. The highest BCUT2D eigenvalue weighted by Gasteiger charge is 2.19. The minimum Gasteiger partial charge on any atom is -0.493 e. The van der Waals surface area contributed by atoms with E-state index in [9.17, 15) is 0 Å². The first-order valence-electron chi connectivity index (χ1n) is 9.18. The fourth-order valence-electron chi connectivity index (χ4n) is 3.33. The Morgan fingerprint density at radius 3 is 2.72 bits per heavy atom. The average molecular weight is 341 g/mol. The zero-order valence-corrected chi connectivity index (χ0v) is 15.2. The van der Waals surface area contributed by atoms with Gasteiger partial charge in [-0.3, -0.25) is 4.98 Å². The van der Waals surface area contributed by atoms with Crippen LogP contribution in [0.1, 0.15) is 38.2 Å². The molecule has 0 spiro atoms. The Bertz CT molecular complexity index is 681. The van der Waals surface area contributed by atoms with Gasteiger partial charge in [0, 0.05) is 18.4 Å². The highest BCUT2D eigenvalue weighted by molar-refractivity contribution is 5.67. The summed E-state index contributed by atoms with van der Waals surface area (Å²) in [5.74, 6) is 1.59. The van der Waals surface area contributed by atoms with Crippen LogP contribution >= 0.6 is 0 Å². The van der Waals surface area contributed by atoms with Crippen LogP contribution in [-0.2, 0) is 11.2 Å². The number of rotatable bonds is 8. The van der Waals surface area contributed by atoms with E-state index < -0.39 is 0 Å². The molecule has 4 nitrogen and oxygen atoms in total. The molecular weight excluding hydrogens is 314 g/mol. The maximum atomic E-state index is 6.22. The number of hydrogen-bond acceptors (Lipinski definition) is 4. The fraction of sp³-hybridized carbons (Fsp3) is 0.476. The summed E-state index contributed by atoms with van der Waals surface area (Å²) in [7, 11) is 1.69. The van der Waals surface area contributed by atoms with Crippen molar-refractivity contribution >= 4 is 0 Å². The normalized spacial score (nSPS) is 14.6. The van der Waals surface area contributed by atoms with Crippen LogP contribution < -0.4 is 9.47 Å². The van der Waals surface area contributed by atoms with E-state index in [2.05, 4.69) is 17.1 Å². The first-order chi connectivity index (χ1) is 12.3. The number of nitrogens with zero attached hydrogens (tertiary/aromatic N) is 1. The Morgan fingerprint density at radius 2 is 1.96 bits per heavy atom. The number of pyridine rings is 1. The van der Waals surface area contributed by atoms with E-state index >= 15 is 0 Å². The van der Waals surface area contributed by atoms with Gasteiger partial charge in [0.05, 0.1) is 25.5 Å². The standard InChI is InChI=1S/C21H27NO3/c1-3-24-14-12-16-7-6-13-22-21(16)17-10-11-19(23-2)20(15-17)25-18-8-4-5-9-18/h6-7,10-11,13,15,18H,3-5,8-9,12,14H2,1-2H3. The van der Waals surface area contributed by atoms with Crippen molar-refractivity contribution in [3.8, 4) is 22.8 Å². The zero-order chi connectivity index (χ0) is 17.5. The van der Waals surface area contributed by atoms with Crippen LogP contribution in [0.25, 0.3) is 11.3 Å². The lowest BCUT2D eigenvalue weighted by molar-refractivity contribution is 0.151. The van der Waals surface area contributed by atoms with Gasteiger partial charge in [-0.05, 0) is 68.9 Å². The fourth-order valence-corrected chi connectivity index (χ4v) is 3.33. The lowest BCUT2D eigenvalue weighted by Crippen LogP contribution is -2.11. The Labute approximate surface area is 150 Å². The van der Waals surface area contributed by atoms with Crippen LogP contribution in [0.15, 0.2) is 36.5 Å². The van der Waals surface area contributed by atoms with Gasteiger partial charge in [-0.1, -0.05) is 6.07 Å². The zero-order valence-electron chi connectivity index (χ0n) is 15.2. The van der Waals surface area contributed by atoms with Crippen molar-refractivity contribution in [3.63, 3.8) is 0 Å². The summed E-state index contributed by atoms with van der Waals surface area (Å²) in [5.41, 5.74) is 3.23. The number of aromatic nitrogens is 1. The highest BCUT2D eigenvalue weighted by atomic mass is 16.5. The van der Waals surface area contributed by atoms with Gasteiger partial charge in [0.25, 0.3) is 0 Å². The molecule has 0 saturated heterocycles. The monoisotopic (exact) mass is 341 g/mol. The SMILES string of the molecule is CCOCCc1cccnc1-c1ccc(OC)c(OC2CCCC2)c1. The third-order valence-electron chi connectivity index (χ3n) is 4.64. The quantitative estimate of drug-likeness (QED) is 0.655. The number of hydrogen-bond donors (Lipinski definition) is 0. The summed E-state index contributed by atoms with van der Waals surface area (Å²) in [4.78, 5) is 4.60. The second-order valence-corrected chi connectivity index (χ2v) is 6.35. The van der Waals surface area contributed by atoms with E-state index in [1.165, 1.54) is 18.4 Å². The minimum atomic E-state index is 0.297. The number of methoxy groups -OCH3 is 1. The highest BCUT2D eigenvalue weighted by Crippen LogP contribution is 2.35. The van der Waals surface area contributed by atoms with Crippen molar-refractivity contribution in [3.05, 3.63) is 42.1 Å². The molecule has 25 heavy (non-hydrogen) atoms. The van der Waals surface area contributed by atoms with Gasteiger partial charge in [0.2, 0.25) is 0 Å². The van der Waals surface area contributed by atoms with Gasteiger partial charge in [-0.15, -0.1) is 0 Å². The lowest BCUT2D eigenvalue weighted by atomic mass is 10.0. The van der Waals surface area contributed by atoms with E-state index in [1.807, 2.05) is 31.3 Å². The molecule has 1 aromatic heterocycles. The van der Waals surface area contributed by atoms with Crippen LogP contribution in [0.4, 0.5) is 0 Å². The Kier molecular flexibility index (Phi) is 6.29. The van der Waals surface area contributed by atoms with Crippen molar-refractivity contribution in [1.82, 2.24) is 4.98 Å². The smallest absolute Gasteiger partial charge is 0.162 e. The summed E-state index contributed by atoms with van der Waals surface area (Å²) in [6, 6.07) is 10.2. The first-order valence-corrected chi connectivity index (χ1v) is 9.18. The lowest BCUT2D eigenvalue weighted by Gasteiger charge is -2.17. The molecule has 1 aliphatic carbocycles. The topological polar surface area (TPSA) is 40.6 Å². The van der Waals surface area contributed by atoms with Crippen molar-refractivity contribution in [2.45, 2.75) is 45.1 Å². The molecule has 0 bridgehead atoms. The number of benzene rings is 1. The summed E-state index contributed by atoms with van der Waals surface area (Å²) in [5, 5.41) is 0. The van der Waals surface area contributed by atoms with Crippen molar-refractivity contribution in [2.24, 2.45) is 0 Å². The molecule has 1 aliphatic rings. The van der Waals surface area contributed by atoms with E-state index in [-0.39, 0.29) is 0 Å². The van der Waals surface area contributed by atoms with E-state index in [0.29, 0.717) is 12.7 Å². The third-order valence-corrected chi connectivity index (χ3v) is 4.64. The summed E-state index contributed by atoms with van der Waals surface area (Å²) in [6.07, 6.45) is 7.71. The van der Waals surface area contributed by atoms with Crippen LogP contribution in [0.3, 0.4) is 0 Å². The molecule has 4 heteroatoms. The molecular formula is C21H27NO3. The molecule has 0 radical (unpaired) electrons. The Hall–Kier alpha value is -2.07. The second-order valence-electron chi connectivity index (χ2n) is 6.35. The van der Waals surface area contributed by atoms with Gasteiger partial charge in [-0.25, -0.2) is 0 Å². The van der Waals surface area contributed by atoms with E-state index in [4.69, 9.17) is 14.2 Å². The molecule has 0 N–H and O–H groups in total. The van der Waals surface area contributed by atoms with Gasteiger partial charge in [0.1, 0.15) is 0 Å². The van der Waals surface area contributed by atoms with Crippen molar-refractivity contribution < 1.29 is 14.2 Å². The van der Waals surface area contributed by atoms with Crippen LogP contribution in [0, 0.1) is 0 Å². The van der Waals surface area contributed by atoms with Crippen LogP contribution in [0.5, 0.6) is 11.5 Å². The maximum absolute atomic E-state index is 6.22. The molecule has 0 amide bonds. The largest absolute Gasteiger partial charge is 0.493 e. The Balaban J connectivity index is 1.86.